The molecular weight excluding hydrogens is 561 g/mol. The smallest absolute Gasteiger partial charge is 0.408 e. The number of carbonyl (C=O) groups is 2. The number of esters is 1. The molecule has 42 heavy (non-hydrogen) atoms. The maximum atomic E-state index is 14.3. The molecule has 6 nitrogen and oxygen atoms in total. The molecule has 0 saturated heterocycles. The standard InChI is InChI=1S/C31H22F5NO5/c1-31(14-16-10-12-17(38)13-11-16,29(39)42-28-26(35)24(33)23(32)25(34)27(28)36)37-30(40)41-15-22-20-8-4-2-6-18(20)19-7-3-5-9-21(19)22/h2-13,22,38H,14-15H2,1H3,(H,37,40)/t31-/m1/s1. The van der Waals surface area contributed by atoms with Crippen molar-refractivity contribution in [3.05, 3.63) is 119 Å². The van der Waals surface area contributed by atoms with Crippen molar-refractivity contribution in [3.63, 3.8) is 0 Å². The lowest BCUT2D eigenvalue weighted by Crippen LogP contribution is -2.56. The van der Waals surface area contributed by atoms with E-state index in [-0.39, 0.29) is 24.7 Å². The van der Waals surface area contributed by atoms with Crippen LogP contribution in [0.2, 0.25) is 0 Å². The molecule has 4 aromatic rings. The van der Waals surface area contributed by atoms with Crippen molar-refractivity contribution in [1.82, 2.24) is 5.32 Å². The Bertz CT molecular complexity index is 1620. The van der Waals surface area contributed by atoms with Crippen LogP contribution in [0, 0.1) is 29.1 Å². The van der Waals surface area contributed by atoms with E-state index in [1.165, 1.54) is 24.3 Å². The molecule has 1 aliphatic rings. The highest BCUT2D eigenvalue weighted by molar-refractivity contribution is 5.87. The van der Waals surface area contributed by atoms with Crippen molar-refractivity contribution in [2.75, 3.05) is 6.61 Å². The summed E-state index contributed by atoms with van der Waals surface area (Å²) < 4.78 is 79.7. The van der Waals surface area contributed by atoms with Gasteiger partial charge in [0.25, 0.3) is 0 Å². The lowest BCUT2D eigenvalue weighted by atomic mass is 9.92. The van der Waals surface area contributed by atoms with E-state index in [2.05, 4.69) is 10.1 Å². The third-order valence-corrected chi connectivity index (χ3v) is 7.03. The lowest BCUT2D eigenvalue weighted by molar-refractivity contribution is -0.141. The minimum absolute atomic E-state index is 0.103. The number of hydrogen-bond acceptors (Lipinski definition) is 5. The summed E-state index contributed by atoms with van der Waals surface area (Å²) in [5.41, 5.74) is 2.02. The number of ether oxygens (including phenoxy) is 2. The van der Waals surface area contributed by atoms with E-state index in [1.54, 1.807) is 0 Å². The Hall–Kier alpha value is -4.93. The van der Waals surface area contributed by atoms with E-state index in [0.717, 1.165) is 29.2 Å². The second kappa shape index (κ2) is 11.2. The first-order chi connectivity index (χ1) is 20.0. The zero-order chi connectivity index (χ0) is 30.2. The van der Waals surface area contributed by atoms with E-state index < -0.39 is 52.4 Å². The molecule has 1 amide bonds. The van der Waals surface area contributed by atoms with Gasteiger partial charge in [-0.1, -0.05) is 60.7 Å². The summed E-state index contributed by atoms with van der Waals surface area (Å²) in [7, 11) is 0. The summed E-state index contributed by atoms with van der Waals surface area (Å²) in [6, 6.07) is 20.5. The SMILES string of the molecule is C[C@](Cc1ccc(O)cc1)(NC(=O)OCC1c2ccccc2-c2ccccc21)C(=O)Oc1c(F)c(F)c(F)c(F)c1F. The molecule has 0 radical (unpaired) electrons. The van der Waals surface area contributed by atoms with E-state index in [4.69, 9.17) is 4.74 Å². The third kappa shape index (κ3) is 5.25. The van der Waals surface area contributed by atoms with Gasteiger partial charge in [0.1, 0.15) is 17.9 Å². The Kier molecular flexibility index (Phi) is 7.59. The van der Waals surface area contributed by atoms with Crippen LogP contribution >= 0.6 is 0 Å². The van der Waals surface area contributed by atoms with Gasteiger partial charge >= 0.3 is 12.1 Å². The highest BCUT2D eigenvalue weighted by Crippen LogP contribution is 2.44. The molecule has 0 spiro atoms. The van der Waals surface area contributed by atoms with Gasteiger partial charge in [-0.05, 0) is 46.9 Å². The molecule has 1 atom stereocenters. The normalized spacial score (nSPS) is 13.6. The van der Waals surface area contributed by atoms with Crippen molar-refractivity contribution in [1.29, 1.82) is 0 Å². The topological polar surface area (TPSA) is 84.9 Å². The van der Waals surface area contributed by atoms with Gasteiger partial charge in [0.2, 0.25) is 34.8 Å². The number of phenolic OH excluding ortho intramolecular Hbond substituents is 1. The van der Waals surface area contributed by atoms with E-state index in [0.29, 0.717) is 5.56 Å². The maximum Gasteiger partial charge on any atom is 0.408 e. The molecule has 1 aliphatic carbocycles. The molecule has 0 bridgehead atoms. The summed E-state index contributed by atoms with van der Waals surface area (Å²) >= 11 is 0. The zero-order valence-electron chi connectivity index (χ0n) is 21.9. The molecular formula is C31H22F5NO5. The van der Waals surface area contributed by atoms with Crippen LogP contribution in [0.4, 0.5) is 26.7 Å². The van der Waals surface area contributed by atoms with Crippen LogP contribution in [-0.4, -0.2) is 29.3 Å². The monoisotopic (exact) mass is 583 g/mol. The quantitative estimate of drug-likeness (QED) is 0.0850. The summed E-state index contributed by atoms with van der Waals surface area (Å²) in [6.07, 6.45) is -1.47. The van der Waals surface area contributed by atoms with Crippen LogP contribution in [-0.2, 0) is 16.0 Å². The minimum Gasteiger partial charge on any atom is -0.508 e. The predicted molar refractivity (Wildman–Crippen MR) is 140 cm³/mol. The Labute approximate surface area is 236 Å². The van der Waals surface area contributed by atoms with Crippen molar-refractivity contribution >= 4 is 12.1 Å². The first-order valence-corrected chi connectivity index (χ1v) is 12.6. The van der Waals surface area contributed by atoms with E-state index in [1.807, 2.05) is 48.5 Å². The van der Waals surface area contributed by atoms with E-state index >= 15 is 0 Å². The summed E-state index contributed by atoms with van der Waals surface area (Å²) in [5.74, 6) is -15.5. The summed E-state index contributed by atoms with van der Waals surface area (Å²) in [4.78, 5) is 26.3. The van der Waals surface area contributed by atoms with Crippen LogP contribution in [0.5, 0.6) is 11.5 Å². The number of carbonyl (C=O) groups excluding carboxylic acids is 2. The number of alkyl carbamates (subject to hydrolysis) is 1. The lowest BCUT2D eigenvalue weighted by Gasteiger charge is -2.29. The maximum absolute atomic E-state index is 14.3. The third-order valence-electron chi connectivity index (χ3n) is 7.03. The average molecular weight is 584 g/mol. The average Bonchev–Trinajstić information content (AvgIpc) is 3.31. The highest BCUT2D eigenvalue weighted by atomic mass is 19.2. The second-order valence-corrected chi connectivity index (χ2v) is 9.91. The van der Waals surface area contributed by atoms with Crippen LogP contribution < -0.4 is 10.1 Å². The Morgan fingerprint density at radius 3 is 1.83 bits per heavy atom. The van der Waals surface area contributed by atoms with Gasteiger partial charge < -0.3 is 19.9 Å². The molecule has 0 unspecified atom stereocenters. The van der Waals surface area contributed by atoms with Crippen LogP contribution in [0.15, 0.2) is 72.8 Å². The number of fused-ring (bicyclic) bond motifs is 3. The fourth-order valence-corrected chi connectivity index (χ4v) is 4.93. The van der Waals surface area contributed by atoms with Gasteiger partial charge in [-0.25, -0.2) is 22.8 Å². The molecule has 5 rings (SSSR count). The van der Waals surface area contributed by atoms with Crippen LogP contribution in [0.25, 0.3) is 11.1 Å². The van der Waals surface area contributed by atoms with Crippen molar-refractivity contribution in [2.24, 2.45) is 0 Å². The fourth-order valence-electron chi connectivity index (χ4n) is 4.93. The fraction of sp³-hybridized carbons (Fsp3) is 0.161. The van der Waals surface area contributed by atoms with Gasteiger partial charge in [-0.15, -0.1) is 0 Å². The number of nitrogens with one attached hydrogen (secondary N) is 1. The minimum atomic E-state index is -2.42. The molecule has 11 heteroatoms. The first-order valence-electron chi connectivity index (χ1n) is 12.6. The zero-order valence-corrected chi connectivity index (χ0v) is 21.9. The molecule has 0 aromatic heterocycles. The summed E-state index contributed by atoms with van der Waals surface area (Å²) in [5, 5.41) is 11.9. The van der Waals surface area contributed by atoms with Gasteiger partial charge in [-0.3, -0.25) is 0 Å². The molecule has 0 fully saturated rings. The summed E-state index contributed by atoms with van der Waals surface area (Å²) in [6.45, 7) is 0.998. The van der Waals surface area contributed by atoms with Crippen molar-refractivity contribution in [3.8, 4) is 22.6 Å². The van der Waals surface area contributed by atoms with Gasteiger partial charge in [0, 0.05) is 12.3 Å². The number of aromatic hydroxyl groups is 1. The molecule has 0 aliphatic heterocycles. The van der Waals surface area contributed by atoms with E-state index in [9.17, 15) is 36.6 Å². The molecule has 0 heterocycles. The van der Waals surface area contributed by atoms with Crippen molar-refractivity contribution < 1.29 is 46.1 Å². The van der Waals surface area contributed by atoms with Crippen molar-refractivity contribution in [2.45, 2.75) is 24.8 Å². The van der Waals surface area contributed by atoms with Gasteiger partial charge in [0.05, 0.1) is 0 Å². The number of hydrogen-bond donors (Lipinski definition) is 2. The van der Waals surface area contributed by atoms with Crippen LogP contribution in [0.1, 0.15) is 29.5 Å². The number of amides is 1. The number of rotatable bonds is 7. The Morgan fingerprint density at radius 1 is 0.786 bits per heavy atom. The number of phenols is 1. The first kappa shape index (κ1) is 28.6. The van der Waals surface area contributed by atoms with Gasteiger partial charge in [0.15, 0.2) is 0 Å². The number of halogens is 5. The number of benzene rings is 4. The molecule has 0 saturated carbocycles. The van der Waals surface area contributed by atoms with Gasteiger partial charge in [-0.2, -0.15) is 8.78 Å². The van der Waals surface area contributed by atoms with Crippen LogP contribution in [0.3, 0.4) is 0 Å². The molecule has 4 aromatic carbocycles. The Morgan fingerprint density at radius 2 is 1.29 bits per heavy atom. The second-order valence-electron chi connectivity index (χ2n) is 9.91. The molecule has 216 valence electrons. The molecule has 2 N–H and O–H groups in total. The predicted octanol–water partition coefficient (Wildman–Crippen LogP) is 6.53. The Balaban J connectivity index is 1.39. The highest BCUT2D eigenvalue weighted by Gasteiger charge is 2.40. The largest absolute Gasteiger partial charge is 0.508 e.